The lowest BCUT2D eigenvalue weighted by atomic mass is 10.1. The molecule has 1 aliphatic heterocycles. The normalized spacial score (nSPS) is 17.0. The zero-order chi connectivity index (χ0) is 22.2. The zero-order valence-corrected chi connectivity index (χ0v) is 19.2. The van der Waals surface area contributed by atoms with Crippen LogP contribution in [-0.2, 0) is 16.6 Å². The molecule has 0 spiro atoms. The van der Waals surface area contributed by atoms with E-state index in [1.54, 1.807) is 30.5 Å². The molecular weight excluding hydrogens is 414 g/mol. The van der Waals surface area contributed by atoms with Gasteiger partial charge in [0.1, 0.15) is 0 Å². The largest absolute Gasteiger partial charge is 0.374 e. The van der Waals surface area contributed by atoms with Crippen LogP contribution in [0.3, 0.4) is 0 Å². The molecule has 1 saturated heterocycles. The summed E-state index contributed by atoms with van der Waals surface area (Å²) in [7, 11) is 1.89. The molecule has 31 heavy (non-hydrogen) atoms. The highest BCUT2D eigenvalue weighted by molar-refractivity contribution is 7.99. The molecule has 1 fully saturated rings. The number of benzene rings is 1. The smallest absolute Gasteiger partial charge is 0.251 e. The van der Waals surface area contributed by atoms with Gasteiger partial charge in [-0.3, -0.25) is 14.5 Å². The Morgan fingerprint density at radius 2 is 2.06 bits per heavy atom. The fourth-order valence-electron chi connectivity index (χ4n) is 3.42. The van der Waals surface area contributed by atoms with Crippen molar-refractivity contribution in [2.24, 2.45) is 13.0 Å². The number of carbonyl (C=O) groups excluding carboxylic acids is 2. The lowest BCUT2D eigenvalue weighted by Gasteiger charge is -2.33. The average molecular weight is 446 g/mol. The number of morpholine rings is 1. The predicted molar refractivity (Wildman–Crippen MR) is 122 cm³/mol. The van der Waals surface area contributed by atoms with Gasteiger partial charge in [-0.1, -0.05) is 25.6 Å². The Kier molecular flexibility index (Phi) is 8.51. The van der Waals surface area contributed by atoms with Crippen molar-refractivity contribution >= 4 is 29.3 Å². The molecule has 1 aliphatic rings. The first kappa shape index (κ1) is 23.3. The standard InChI is InChI=1S/C22H31N5O3S/c1-16(2)13-27-10-11-30-19(14-27)12-24-21(29)17-4-6-18(7-5-17)25-20(28)15-31-22-23-8-9-26(22)3/h4-9,16,19H,10-15H2,1-3H3,(H,24,29)(H,25,28). The van der Waals surface area contributed by atoms with E-state index in [1.807, 2.05) is 17.8 Å². The maximum atomic E-state index is 12.5. The van der Waals surface area contributed by atoms with Crippen LogP contribution in [0.25, 0.3) is 0 Å². The number of amides is 2. The van der Waals surface area contributed by atoms with Crippen molar-refractivity contribution in [1.82, 2.24) is 19.8 Å². The Balaban J connectivity index is 1.42. The second-order valence-electron chi connectivity index (χ2n) is 8.09. The SMILES string of the molecule is CC(C)CN1CCOC(CNC(=O)c2ccc(NC(=O)CSc3nccn3C)cc2)C1. The van der Waals surface area contributed by atoms with E-state index in [2.05, 4.69) is 34.4 Å². The van der Waals surface area contributed by atoms with Crippen LogP contribution in [0, 0.1) is 5.92 Å². The van der Waals surface area contributed by atoms with Crippen molar-refractivity contribution in [2.45, 2.75) is 25.1 Å². The van der Waals surface area contributed by atoms with E-state index in [0.29, 0.717) is 30.3 Å². The third-order valence-corrected chi connectivity index (χ3v) is 5.93. The number of imidazole rings is 1. The first-order chi connectivity index (χ1) is 14.9. The summed E-state index contributed by atoms with van der Waals surface area (Å²) in [5, 5.41) is 6.58. The Labute approximate surface area is 187 Å². The van der Waals surface area contributed by atoms with E-state index in [1.165, 1.54) is 11.8 Å². The monoisotopic (exact) mass is 445 g/mol. The molecule has 8 nitrogen and oxygen atoms in total. The van der Waals surface area contributed by atoms with Crippen molar-refractivity contribution in [1.29, 1.82) is 0 Å². The highest BCUT2D eigenvalue weighted by atomic mass is 32.2. The van der Waals surface area contributed by atoms with Gasteiger partial charge in [-0.2, -0.15) is 0 Å². The number of aromatic nitrogens is 2. The molecule has 2 N–H and O–H groups in total. The van der Waals surface area contributed by atoms with Crippen LogP contribution < -0.4 is 10.6 Å². The molecule has 0 radical (unpaired) electrons. The van der Waals surface area contributed by atoms with Gasteiger partial charge in [0.05, 0.1) is 18.5 Å². The van der Waals surface area contributed by atoms with Crippen molar-refractivity contribution in [3.63, 3.8) is 0 Å². The summed E-state index contributed by atoms with van der Waals surface area (Å²) in [6.45, 7) is 8.41. The maximum absolute atomic E-state index is 12.5. The van der Waals surface area contributed by atoms with Crippen molar-refractivity contribution < 1.29 is 14.3 Å². The van der Waals surface area contributed by atoms with Crippen LogP contribution in [0.2, 0.25) is 0 Å². The van der Waals surface area contributed by atoms with Gasteiger partial charge in [0.2, 0.25) is 5.91 Å². The molecule has 1 aromatic heterocycles. The van der Waals surface area contributed by atoms with E-state index in [-0.39, 0.29) is 23.7 Å². The molecule has 2 aromatic rings. The summed E-state index contributed by atoms with van der Waals surface area (Å²) in [6.07, 6.45) is 3.55. The summed E-state index contributed by atoms with van der Waals surface area (Å²) < 4.78 is 7.65. The highest BCUT2D eigenvalue weighted by Crippen LogP contribution is 2.16. The minimum Gasteiger partial charge on any atom is -0.374 e. The number of hydrogen-bond donors (Lipinski definition) is 2. The number of anilines is 1. The molecule has 2 amide bonds. The van der Waals surface area contributed by atoms with E-state index in [0.717, 1.165) is 24.8 Å². The van der Waals surface area contributed by atoms with Gasteiger partial charge in [0, 0.05) is 56.9 Å². The zero-order valence-electron chi connectivity index (χ0n) is 18.3. The van der Waals surface area contributed by atoms with Gasteiger partial charge >= 0.3 is 0 Å². The van der Waals surface area contributed by atoms with Crippen LogP contribution >= 0.6 is 11.8 Å². The van der Waals surface area contributed by atoms with E-state index in [9.17, 15) is 9.59 Å². The number of rotatable bonds is 9. The Morgan fingerprint density at radius 3 is 2.74 bits per heavy atom. The topological polar surface area (TPSA) is 88.5 Å². The third kappa shape index (κ3) is 7.37. The van der Waals surface area contributed by atoms with Crippen molar-refractivity contribution in [2.75, 3.05) is 43.9 Å². The Morgan fingerprint density at radius 1 is 1.29 bits per heavy atom. The fraction of sp³-hybridized carbons (Fsp3) is 0.500. The summed E-state index contributed by atoms with van der Waals surface area (Å²) in [5.74, 6) is 0.613. The van der Waals surface area contributed by atoms with Gasteiger partial charge in [0.25, 0.3) is 5.91 Å². The summed E-state index contributed by atoms with van der Waals surface area (Å²) in [6, 6.07) is 6.90. The van der Waals surface area contributed by atoms with Crippen LogP contribution in [-0.4, -0.2) is 70.9 Å². The van der Waals surface area contributed by atoms with Crippen molar-refractivity contribution in [3.05, 3.63) is 42.2 Å². The number of thioether (sulfide) groups is 1. The first-order valence-corrected chi connectivity index (χ1v) is 11.5. The minimum atomic E-state index is -0.146. The molecule has 1 aromatic carbocycles. The molecule has 9 heteroatoms. The highest BCUT2D eigenvalue weighted by Gasteiger charge is 2.21. The van der Waals surface area contributed by atoms with E-state index < -0.39 is 0 Å². The lowest BCUT2D eigenvalue weighted by molar-refractivity contribution is -0.113. The second-order valence-corrected chi connectivity index (χ2v) is 9.03. The van der Waals surface area contributed by atoms with Gasteiger partial charge < -0.3 is 19.9 Å². The Bertz CT molecular complexity index is 868. The number of nitrogens with one attached hydrogen (secondary N) is 2. The fourth-order valence-corrected chi connectivity index (χ4v) is 4.15. The first-order valence-electron chi connectivity index (χ1n) is 10.5. The van der Waals surface area contributed by atoms with Gasteiger partial charge in [-0.25, -0.2) is 4.98 Å². The molecule has 1 atom stereocenters. The van der Waals surface area contributed by atoms with Crippen LogP contribution in [0.15, 0.2) is 41.8 Å². The minimum absolute atomic E-state index is 0.00577. The molecule has 2 heterocycles. The third-order valence-electron chi connectivity index (χ3n) is 4.88. The maximum Gasteiger partial charge on any atom is 0.251 e. The summed E-state index contributed by atoms with van der Waals surface area (Å²) in [4.78, 5) is 31.2. The molecule has 3 rings (SSSR count). The van der Waals surface area contributed by atoms with Gasteiger partial charge in [0.15, 0.2) is 5.16 Å². The number of hydrogen-bond acceptors (Lipinski definition) is 6. The molecule has 1 unspecified atom stereocenters. The van der Waals surface area contributed by atoms with Crippen LogP contribution in [0.4, 0.5) is 5.69 Å². The summed E-state index contributed by atoms with van der Waals surface area (Å²) in [5.41, 5.74) is 1.21. The number of ether oxygens (including phenoxy) is 1. The quantitative estimate of drug-likeness (QED) is 0.576. The predicted octanol–water partition coefficient (Wildman–Crippen LogP) is 2.24. The number of aryl methyl sites for hydroxylation is 1. The van der Waals surface area contributed by atoms with E-state index >= 15 is 0 Å². The molecule has 0 bridgehead atoms. The van der Waals surface area contributed by atoms with Gasteiger partial charge in [-0.15, -0.1) is 0 Å². The Hall–Kier alpha value is -2.36. The summed E-state index contributed by atoms with van der Waals surface area (Å²) >= 11 is 1.37. The van der Waals surface area contributed by atoms with Crippen LogP contribution in [0.5, 0.6) is 0 Å². The molecule has 0 saturated carbocycles. The van der Waals surface area contributed by atoms with E-state index in [4.69, 9.17) is 4.74 Å². The molecule has 0 aliphatic carbocycles. The van der Waals surface area contributed by atoms with Gasteiger partial charge in [-0.05, 0) is 30.2 Å². The van der Waals surface area contributed by atoms with Crippen LogP contribution in [0.1, 0.15) is 24.2 Å². The molecular formula is C22H31N5O3S. The second kappa shape index (κ2) is 11.3. The average Bonchev–Trinajstić information content (AvgIpc) is 3.15. The lowest BCUT2D eigenvalue weighted by Crippen LogP contribution is -2.48. The van der Waals surface area contributed by atoms with Crippen molar-refractivity contribution in [3.8, 4) is 0 Å². The number of carbonyl (C=O) groups is 2. The number of nitrogens with zero attached hydrogens (tertiary/aromatic N) is 3. The molecule has 168 valence electrons.